The van der Waals surface area contributed by atoms with E-state index >= 15 is 0 Å². The topological polar surface area (TPSA) is 69.7 Å². The zero-order chi connectivity index (χ0) is 13.6. The molecule has 4 atom stereocenters. The molecule has 104 valence electrons. The van der Waals surface area contributed by atoms with Crippen molar-refractivity contribution in [3.8, 4) is 5.75 Å². The smallest absolute Gasteiger partial charge is 0.122 e. The van der Waals surface area contributed by atoms with Crippen LogP contribution in [0.5, 0.6) is 5.75 Å². The van der Waals surface area contributed by atoms with Gasteiger partial charge in [-0.25, -0.2) is 0 Å². The summed E-state index contributed by atoms with van der Waals surface area (Å²) in [4.78, 5) is 2.27. The van der Waals surface area contributed by atoms with Crippen molar-refractivity contribution in [3.05, 3.63) is 23.8 Å². The average Bonchev–Trinajstić information content (AvgIpc) is 2.91. The van der Waals surface area contributed by atoms with Gasteiger partial charge in [-0.05, 0) is 31.7 Å². The van der Waals surface area contributed by atoms with Gasteiger partial charge in [-0.15, -0.1) is 0 Å². The summed E-state index contributed by atoms with van der Waals surface area (Å²) in [5.74, 6) is 1.27. The van der Waals surface area contributed by atoms with Gasteiger partial charge < -0.3 is 20.8 Å². The molecule has 4 nitrogen and oxygen atoms in total. The number of rotatable bonds is 2. The van der Waals surface area contributed by atoms with Gasteiger partial charge in [0.2, 0.25) is 0 Å². The molecule has 1 aliphatic heterocycles. The molecule has 1 aliphatic carbocycles. The van der Waals surface area contributed by atoms with Crippen molar-refractivity contribution in [3.63, 3.8) is 0 Å². The fourth-order valence-electron chi connectivity index (χ4n) is 3.56. The minimum absolute atomic E-state index is 0.146. The number of aromatic hydroxyl groups is 1. The zero-order valence-corrected chi connectivity index (χ0v) is 11.3. The molecule has 2 fully saturated rings. The van der Waals surface area contributed by atoms with Crippen LogP contribution in [0.3, 0.4) is 0 Å². The van der Waals surface area contributed by atoms with Crippen LogP contribution in [-0.2, 0) is 0 Å². The molecule has 2 aliphatic rings. The first-order valence-electron chi connectivity index (χ1n) is 7.07. The summed E-state index contributed by atoms with van der Waals surface area (Å²) in [5, 5.41) is 20.0. The maximum Gasteiger partial charge on any atom is 0.122 e. The van der Waals surface area contributed by atoms with Crippen LogP contribution in [0.1, 0.15) is 31.4 Å². The molecule has 4 unspecified atom stereocenters. The van der Waals surface area contributed by atoms with E-state index in [0.717, 1.165) is 37.2 Å². The summed E-state index contributed by atoms with van der Waals surface area (Å²) in [6.45, 7) is 3.74. The second kappa shape index (κ2) is 4.69. The molecule has 0 aromatic heterocycles. The maximum atomic E-state index is 10.0. The summed E-state index contributed by atoms with van der Waals surface area (Å²) in [5.41, 5.74) is 7.62. The second-order valence-corrected chi connectivity index (χ2v) is 6.01. The number of hydrogen-bond acceptors (Lipinski definition) is 4. The van der Waals surface area contributed by atoms with Crippen LogP contribution in [-0.4, -0.2) is 29.4 Å². The Balaban J connectivity index is 1.79. The van der Waals surface area contributed by atoms with E-state index in [2.05, 4.69) is 4.90 Å². The van der Waals surface area contributed by atoms with Gasteiger partial charge in [0.15, 0.2) is 0 Å². The number of anilines is 1. The first kappa shape index (κ1) is 12.8. The van der Waals surface area contributed by atoms with Crippen molar-refractivity contribution in [2.24, 2.45) is 17.6 Å². The van der Waals surface area contributed by atoms with E-state index in [9.17, 15) is 10.2 Å². The van der Waals surface area contributed by atoms with Crippen molar-refractivity contribution < 1.29 is 10.2 Å². The van der Waals surface area contributed by atoms with Crippen molar-refractivity contribution in [1.29, 1.82) is 0 Å². The van der Waals surface area contributed by atoms with Crippen LogP contribution in [0.25, 0.3) is 0 Å². The van der Waals surface area contributed by atoms with Crippen molar-refractivity contribution in [2.75, 3.05) is 18.0 Å². The van der Waals surface area contributed by atoms with E-state index in [1.54, 1.807) is 6.07 Å². The number of benzene rings is 1. The molecule has 4 N–H and O–H groups in total. The number of phenols is 1. The predicted octanol–water partition coefficient (Wildman–Crippen LogP) is 1.62. The van der Waals surface area contributed by atoms with Crippen LogP contribution in [0.15, 0.2) is 18.2 Å². The molecule has 19 heavy (non-hydrogen) atoms. The van der Waals surface area contributed by atoms with Gasteiger partial charge in [0.25, 0.3) is 0 Å². The lowest BCUT2D eigenvalue weighted by molar-refractivity contribution is 0.133. The van der Waals surface area contributed by atoms with E-state index in [0.29, 0.717) is 11.8 Å². The van der Waals surface area contributed by atoms with Gasteiger partial charge in [-0.1, -0.05) is 6.07 Å². The Kier molecular flexibility index (Phi) is 3.15. The van der Waals surface area contributed by atoms with Gasteiger partial charge in [0.05, 0.1) is 6.10 Å². The molecule has 1 aromatic rings. The quantitative estimate of drug-likeness (QED) is 0.757. The average molecular weight is 262 g/mol. The summed E-state index contributed by atoms with van der Waals surface area (Å²) in [6.07, 6.45) is 1.91. The summed E-state index contributed by atoms with van der Waals surface area (Å²) in [7, 11) is 0. The Morgan fingerprint density at radius 1 is 1.32 bits per heavy atom. The van der Waals surface area contributed by atoms with Crippen LogP contribution in [0.4, 0.5) is 5.69 Å². The number of aliphatic hydroxyl groups excluding tert-OH is 1. The number of phenolic OH excluding ortho intramolecular Hbond substituents is 1. The Labute approximate surface area is 113 Å². The van der Waals surface area contributed by atoms with Crippen molar-refractivity contribution in [1.82, 2.24) is 0 Å². The van der Waals surface area contributed by atoms with Crippen molar-refractivity contribution >= 4 is 5.69 Å². The normalized spacial score (nSPS) is 31.5. The highest BCUT2D eigenvalue weighted by molar-refractivity contribution is 5.55. The van der Waals surface area contributed by atoms with Crippen LogP contribution < -0.4 is 10.6 Å². The first-order valence-corrected chi connectivity index (χ1v) is 7.07. The summed E-state index contributed by atoms with van der Waals surface area (Å²) >= 11 is 0. The standard InChI is InChI=1S/C15H22N2O2/c1-9(16)12-4-3-11(6-15(12)19)17-7-10-2-5-14(18)13(10)8-17/h3-4,6,9-10,13-14,18-19H,2,5,7-8,16H2,1H3. The molecule has 1 heterocycles. The molecular weight excluding hydrogens is 240 g/mol. The van der Waals surface area contributed by atoms with Crippen LogP contribution in [0, 0.1) is 11.8 Å². The Bertz CT molecular complexity index is 475. The highest BCUT2D eigenvalue weighted by atomic mass is 16.3. The van der Waals surface area contributed by atoms with Gasteiger partial charge >= 0.3 is 0 Å². The molecule has 0 spiro atoms. The Morgan fingerprint density at radius 2 is 2.11 bits per heavy atom. The lowest BCUT2D eigenvalue weighted by Crippen LogP contribution is -2.24. The monoisotopic (exact) mass is 262 g/mol. The zero-order valence-electron chi connectivity index (χ0n) is 11.3. The van der Waals surface area contributed by atoms with Crippen molar-refractivity contribution in [2.45, 2.75) is 31.9 Å². The maximum absolute atomic E-state index is 10.0. The van der Waals surface area contributed by atoms with E-state index in [1.807, 2.05) is 19.1 Å². The number of hydrogen-bond donors (Lipinski definition) is 3. The van der Waals surface area contributed by atoms with E-state index in [4.69, 9.17) is 5.73 Å². The minimum Gasteiger partial charge on any atom is -0.508 e. The summed E-state index contributed by atoms with van der Waals surface area (Å²) < 4.78 is 0. The van der Waals surface area contributed by atoms with E-state index in [1.165, 1.54) is 0 Å². The third-order valence-corrected chi connectivity index (χ3v) is 4.69. The largest absolute Gasteiger partial charge is 0.508 e. The van der Waals surface area contributed by atoms with Gasteiger partial charge in [-0.2, -0.15) is 0 Å². The second-order valence-electron chi connectivity index (χ2n) is 6.01. The molecular formula is C15H22N2O2. The highest BCUT2D eigenvalue weighted by Crippen LogP contribution is 2.40. The molecule has 3 rings (SSSR count). The predicted molar refractivity (Wildman–Crippen MR) is 75.1 cm³/mol. The molecule has 0 radical (unpaired) electrons. The first-order chi connectivity index (χ1) is 9.06. The lowest BCUT2D eigenvalue weighted by Gasteiger charge is -2.21. The number of aliphatic hydroxyl groups is 1. The Morgan fingerprint density at radius 3 is 2.74 bits per heavy atom. The fourth-order valence-corrected chi connectivity index (χ4v) is 3.56. The van der Waals surface area contributed by atoms with E-state index in [-0.39, 0.29) is 17.9 Å². The van der Waals surface area contributed by atoms with Crippen LogP contribution >= 0.6 is 0 Å². The van der Waals surface area contributed by atoms with E-state index < -0.39 is 0 Å². The van der Waals surface area contributed by atoms with Gasteiger partial charge in [0.1, 0.15) is 5.75 Å². The highest BCUT2D eigenvalue weighted by Gasteiger charge is 2.41. The number of nitrogens with zero attached hydrogens (tertiary/aromatic N) is 1. The number of fused-ring (bicyclic) bond motifs is 1. The van der Waals surface area contributed by atoms with Crippen LogP contribution in [0.2, 0.25) is 0 Å². The Hall–Kier alpha value is -1.26. The fraction of sp³-hybridized carbons (Fsp3) is 0.600. The molecule has 4 heteroatoms. The molecule has 1 saturated heterocycles. The third-order valence-electron chi connectivity index (χ3n) is 4.69. The molecule has 1 aromatic carbocycles. The molecule has 0 bridgehead atoms. The third kappa shape index (κ3) is 2.19. The lowest BCUT2D eigenvalue weighted by atomic mass is 10.00. The van der Waals surface area contributed by atoms with Gasteiger partial charge in [-0.3, -0.25) is 0 Å². The molecule has 1 saturated carbocycles. The minimum atomic E-state index is -0.158. The number of nitrogens with two attached hydrogens (primary N) is 1. The SMILES string of the molecule is CC(N)c1ccc(N2CC3CCC(O)C3C2)cc1O. The van der Waals surface area contributed by atoms with Gasteiger partial charge in [0, 0.05) is 42.4 Å². The summed E-state index contributed by atoms with van der Waals surface area (Å²) in [6, 6.07) is 5.56. The molecule has 0 amide bonds.